The minimum Gasteiger partial charge on any atom is -0.489 e. The van der Waals surface area contributed by atoms with E-state index in [1.807, 2.05) is 30.3 Å². The van der Waals surface area contributed by atoms with Crippen LogP contribution in [0, 0.1) is 17.1 Å². The van der Waals surface area contributed by atoms with Gasteiger partial charge in [0.25, 0.3) is 0 Å². The summed E-state index contributed by atoms with van der Waals surface area (Å²) in [5.74, 6) is 0.765. The Kier molecular flexibility index (Phi) is 4.37. The number of halogens is 1. The summed E-state index contributed by atoms with van der Waals surface area (Å²) in [6, 6.07) is 14.1. The number of nitriles is 1. The third kappa shape index (κ3) is 3.36. The Hall–Kier alpha value is -2.34. The molecule has 0 radical (unpaired) electrons. The number of hydrogen-bond acceptors (Lipinski definition) is 2. The molecule has 0 heterocycles. The minimum absolute atomic E-state index is 0.151. The van der Waals surface area contributed by atoms with Crippen LogP contribution in [0.1, 0.15) is 36.5 Å². The van der Waals surface area contributed by atoms with Crippen molar-refractivity contribution < 1.29 is 9.13 Å². The normalized spacial score (nSPS) is 10.3. The van der Waals surface area contributed by atoms with Crippen LogP contribution in [0.3, 0.4) is 0 Å². The van der Waals surface area contributed by atoms with Gasteiger partial charge in [-0.25, -0.2) is 4.39 Å². The van der Waals surface area contributed by atoms with Crippen molar-refractivity contribution in [1.82, 2.24) is 0 Å². The van der Waals surface area contributed by atoms with Crippen LogP contribution in [0.15, 0.2) is 42.5 Å². The Labute approximate surface area is 118 Å². The maximum atomic E-state index is 13.7. The van der Waals surface area contributed by atoms with Crippen molar-refractivity contribution in [3.63, 3.8) is 0 Å². The van der Waals surface area contributed by atoms with Gasteiger partial charge in [0, 0.05) is 5.56 Å². The lowest BCUT2D eigenvalue weighted by molar-refractivity contribution is 0.299. The average molecular weight is 269 g/mol. The summed E-state index contributed by atoms with van der Waals surface area (Å²) < 4.78 is 19.2. The third-order valence-electron chi connectivity index (χ3n) is 3.12. The van der Waals surface area contributed by atoms with E-state index in [0.717, 1.165) is 0 Å². The summed E-state index contributed by atoms with van der Waals surface area (Å²) in [6.07, 6.45) is 0. The van der Waals surface area contributed by atoms with Crippen molar-refractivity contribution in [1.29, 1.82) is 5.26 Å². The number of ether oxygens (including phenoxy) is 1. The highest BCUT2D eigenvalue weighted by atomic mass is 19.1. The third-order valence-corrected chi connectivity index (χ3v) is 3.12. The molecule has 0 bridgehead atoms. The standard InChI is InChI=1S/C17H16FNO/c1-12(2)14-5-7-16(8-6-14)20-11-15-4-3-13(10-19)9-17(15)18/h3-9,12H,11H2,1-2H3. The Morgan fingerprint density at radius 2 is 1.85 bits per heavy atom. The van der Waals surface area contributed by atoms with Gasteiger partial charge in [-0.1, -0.05) is 32.0 Å². The monoisotopic (exact) mass is 269 g/mol. The molecule has 0 spiro atoms. The summed E-state index contributed by atoms with van der Waals surface area (Å²) in [7, 11) is 0. The maximum Gasteiger partial charge on any atom is 0.131 e. The molecule has 0 atom stereocenters. The van der Waals surface area contributed by atoms with Crippen LogP contribution in [0.5, 0.6) is 5.75 Å². The van der Waals surface area contributed by atoms with Gasteiger partial charge in [0.1, 0.15) is 18.2 Å². The zero-order valence-corrected chi connectivity index (χ0v) is 11.6. The first-order chi connectivity index (χ1) is 9.60. The van der Waals surface area contributed by atoms with Crippen molar-refractivity contribution in [3.8, 4) is 11.8 Å². The minimum atomic E-state index is -0.414. The molecule has 2 rings (SSSR count). The smallest absolute Gasteiger partial charge is 0.131 e. The van der Waals surface area contributed by atoms with E-state index in [0.29, 0.717) is 22.8 Å². The van der Waals surface area contributed by atoms with Gasteiger partial charge in [0.2, 0.25) is 0 Å². The lowest BCUT2D eigenvalue weighted by Gasteiger charge is -2.09. The number of benzene rings is 2. The second-order valence-electron chi connectivity index (χ2n) is 4.93. The molecule has 0 aliphatic heterocycles. The fourth-order valence-electron chi connectivity index (χ4n) is 1.84. The van der Waals surface area contributed by atoms with E-state index in [4.69, 9.17) is 10.00 Å². The lowest BCUT2D eigenvalue weighted by atomic mass is 10.0. The largest absolute Gasteiger partial charge is 0.489 e. The van der Waals surface area contributed by atoms with Gasteiger partial charge >= 0.3 is 0 Å². The average Bonchev–Trinajstić information content (AvgIpc) is 2.46. The van der Waals surface area contributed by atoms with Crippen molar-refractivity contribution in [2.75, 3.05) is 0 Å². The van der Waals surface area contributed by atoms with Crippen LogP contribution >= 0.6 is 0 Å². The Morgan fingerprint density at radius 3 is 2.40 bits per heavy atom. The molecule has 2 nitrogen and oxygen atoms in total. The maximum absolute atomic E-state index is 13.7. The van der Waals surface area contributed by atoms with Crippen molar-refractivity contribution >= 4 is 0 Å². The zero-order valence-electron chi connectivity index (χ0n) is 11.6. The van der Waals surface area contributed by atoms with Crippen molar-refractivity contribution in [3.05, 3.63) is 65.0 Å². The summed E-state index contributed by atoms with van der Waals surface area (Å²) in [5, 5.41) is 8.68. The highest BCUT2D eigenvalue weighted by molar-refractivity contribution is 5.33. The molecule has 20 heavy (non-hydrogen) atoms. The molecular formula is C17H16FNO. The highest BCUT2D eigenvalue weighted by Crippen LogP contribution is 2.20. The molecule has 0 aromatic heterocycles. The van der Waals surface area contributed by atoms with Gasteiger partial charge in [-0.3, -0.25) is 0 Å². The molecular weight excluding hydrogens is 253 g/mol. The predicted octanol–water partition coefficient (Wildman–Crippen LogP) is 4.40. The van der Waals surface area contributed by atoms with Gasteiger partial charge in [0.15, 0.2) is 0 Å². The van der Waals surface area contributed by atoms with E-state index in [-0.39, 0.29) is 6.61 Å². The van der Waals surface area contributed by atoms with Crippen LogP contribution in [0.25, 0.3) is 0 Å². The van der Waals surface area contributed by atoms with E-state index in [1.54, 1.807) is 12.1 Å². The van der Waals surface area contributed by atoms with E-state index < -0.39 is 5.82 Å². The molecule has 102 valence electrons. The van der Waals surface area contributed by atoms with Gasteiger partial charge in [-0.15, -0.1) is 0 Å². The van der Waals surface area contributed by atoms with Crippen LogP contribution in [-0.4, -0.2) is 0 Å². The molecule has 0 fully saturated rings. The second-order valence-corrected chi connectivity index (χ2v) is 4.93. The summed E-state index contributed by atoms with van der Waals surface area (Å²) >= 11 is 0. The fourth-order valence-corrected chi connectivity index (χ4v) is 1.84. The first-order valence-corrected chi connectivity index (χ1v) is 6.51. The van der Waals surface area contributed by atoms with Crippen LogP contribution in [-0.2, 0) is 6.61 Å². The SMILES string of the molecule is CC(C)c1ccc(OCc2ccc(C#N)cc2F)cc1. The molecule has 2 aromatic carbocycles. The Balaban J connectivity index is 2.03. The van der Waals surface area contributed by atoms with E-state index in [2.05, 4.69) is 13.8 Å². The number of hydrogen-bond donors (Lipinski definition) is 0. The van der Waals surface area contributed by atoms with Gasteiger partial charge < -0.3 is 4.74 Å². The van der Waals surface area contributed by atoms with Crippen LogP contribution in [0.4, 0.5) is 4.39 Å². The fraction of sp³-hybridized carbons (Fsp3) is 0.235. The summed E-state index contributed by atoms with van der Waals surface area (Å²) in [6.45, 7) is 4.41. The molecule has 0 saturated heterocycles. The van der Waals surface area contributed by atoms with Crippen LogP contribution < -0.4 is 4.74 Å². The topological polar surface area (TPSA) is 33.0 Å². The van der Waals surface area contributed by atoms with Crippen molar-refractivity contribution in [2.24, 2.45) is 0 Å². The first kappa shape index (κ1) is 14.1. The highest BCUT2D eigenvalue weighted by Gasteiger charge is 2.05. The molecule has 0 N–H and O–H groups in total. The molecule has 0 aliphatic carbocycles. The molecule has 2 aromatic rings. The Bertz CT molecular complexity index is 626. The predicted molar refractivity (Wildman–Crippen MR) is 76.0 cm³/mol. The number of nitrogens with zero attached hydrogens (tertiary/aromatic N) is 1. The van der Waals surface area contributed by atoms with E-state index in [1.165, 1.54) is 11.6 Å². The molecule has 0 unspecified atom stereocenters. The van der Waals surface area contributed by atoms with Gasteiger partial charge in [-0.2, -0.15) is 5.26 Å². The lowest BCUT2D eigenvalue weighted by Crippen LogP contribution is -1.99. The van der Waals surface area contributed by atoms with Gasteiger partial charge in [0.05, 0.1) is 11.6 Å². The van der Waals surface area contributed by atoms with E-state index >= 15 is 0 Å². The summed E-state index contributed by atoms with van der Waals surface area (Å²) in [4.78, 5) is 0. The summed E-state index contributed by atoms with van der Waals surface area (Å²) in [5.41, 5.74) is 1.99. The molecule has 3 heteroatoms. The Morgan fingerprint density at radius 1 is 1.15 bits per heavy atom. The molecule has 0 amide bonds. The number of rotatable bonds is 4. The van der Waals surface area contributed by atoms with Gasteiger partial charge in [-0.05, 0) is 35.7 Å². The second kappa shape index (κ2) is 6.21. The molecule has 0 aliphatic rings. The zero-order chi connectivity index (χ0) is 14.5. The molecule has 0 saturated carbocycles. The van der Waals surface area contributed by atoms with Crippen LogP contribution in [0.2, 0.25) is 0 Å². The first-order valence-electron chi connectivity index (χ1n) is 6.51. The van der Waals surface area contributed by atoms with Crippen molar-refractivity contribution in [2.45, 2.75) is 26.4 Å². The van der Waals surface area contributed by atoms with E-state index in [9.17, 15) is 4.39 Å². The quantitative estimate of drug-likeness (QED) is 0.824.